The number of aryl methyl sites for hydroxylation is 1. The van der Waals surface area contributed by atoms with Crippen LogP contribution in [0.4, 0.5) is 6.01 Å². The van der Waals surface area contributed by atoms with E-state index >= 15 is 0 Å². The highest BCUT2D eigenvalue weighted by molar-refractivity contribution is 6.30. The molecule has 3 aromatic carbocycles. The highest BCUT2D eigenvalue weighted by atomic mass is 35.5. The average molecular weight is 426 g/mol. The molecule has 0 fully saturated rings. The second kappa shape index (κ2) is 7.40. The van der Waals surface area contributed by atoms with Gasteiger partial charge < -0.3 is 4.42 Å². The van der Waals surface area contributed by atoms with Gasteiger partial charge in [0.15, 0.2) is 0 Å². The van der Waals surface area contributed by atoms with E-state index in [2.05, 4.69) is 36.4 Å². The molecule has 2 heterocycles. The highest BCUT2D eigenvalue weighted by Crippen LogP contribution is 2.45. The summed E-state index contributed by atoms with van der Waals surface area (Å²) in [6.45, 7) is 0. The number of fused-ring (bicyclic) bond motifs is 3. The van der Waals surface area contributed by atoms with Crippen LogP contribution < -0.4 is 5.01 Å². The number of aromatic nitrogens is 1. The van der Waals surface area contributed by atoms with E-state index in [1.165, 1.54) is 11.1 Å². The Morgan fingerprint density at radius 1 is 0.903 bits per heavy atom. The van der Waals surface area contributed by atoms with E-state index in [0.717, 1.165) is 40.4 Å². The number of nitrogens with zero attached hydrogens (tertiary/aromatic N) is 3. The van der Waals surface area contributed by atoms with Crippen LogP contribution in [0.2, 0.25) is 5.02 Å². The number of benzene rings is 3. The summed E-state index contributed by atoms with van der Waals surface area (Å²) in [5, 5.41) is 7.75. The number of hydrazone groups is 1. The summed E-state index contributed by atoms with van der Waals surface area (Å²) in [7, 11) is 0. The summed E-state index contributed by atoms with van der Waals surface area (Å²) in [6.07, 6.45) is 3.78. The van der Waals surface area contributed by atoms with Gasteiger partial charge in [-0.05, 0) is 36.1 Å². The molecule has 152 valence electrons. The molecule has 0 bridgehead atoms. The molecular weight excluding hydrogens is 406 g/mol. The number of halogens is 1. The lowest BCUT2D eigenvalue weighted by atomic mass is 9.77. The topological polar surface area (TPSA) is 41.6 Å². The molecule has 1 aliphatic heterocycles. The van der Waals surface area contributed by atoms with Crippen molar-refractivity contribution in [2.45, 2.75) is 18.9 Å². The van der Waals surface area contributed by atoms with Crippen LogP contribution in [0.25, 0.3) is 11.3 Å². The van der Waals surface area contributed by atoms with Crippen LogP contribution in [0.5, 0.6) is 0 Å². The van der Waals surface area contributed by atoms with E-state index in [-0.39, 0.29) is 12.0 Å². The molecule has 0 amide bonds. The van der Waals surface area contributed by atoms with Crippen molar-refractivity contribution in [3.63, 3.8) is 0 Å². The first-order chi connectivity index (χ1) is 15.3. The Bertz CT molecular complexity index is 1260. The normalized spacial score (nSPS) is 19.6. The van der Waals surface area contributed by atoms with Crippen LogP contribution in [0.3, 0.4) is 0 Å². The summed E-state index contributed by atoms with van der Waals surface area (Å²) >= 11 is 6.17. The second-order valence-corrected chi connectivity index (χ2v) is 8.45. The lowest BCUT2D eigenvalue weighted by Gasteiger charge is -2.29. The molecule has 0 saturated carbocycles. The SMILES string of the molecule is Clc1ccc([C@@H]2[C@H]3CCc4ccccc4C3=NN2c2nc(-c3ccccc3)co2)cc1. The summed E-state index contributed by atoms with van der Waals surface area (Å²) in [4.78, 5) is 4.80. The van der Waals surface area contributed by atoms with E-state index in [9.17, 15) is 0 Å². The first kappa shape index (κ1) is 18.4. The third-order valence-electron chi connectivity index (χ3n) is 6.20. The Labute approximate surface area is 185 Å². The van der Waals surface area contributed by atoms with Crippen LogP contribution in [0.1, 0.15) is 29.2 Å². The van der Waals surface area contributed by atoms with Crippen molar-refractivity contribution in [2.24, 2.45) is 11.0 Å². The van der Waals surface area contributed by atoms with Crippen LogP contribution in [0.15, 0.2) is 94.6 Å². The standard InChI is InChI=1S/C26H20ClN3O/c27-20-13-10-19(11-14-20)25-22-15-12-17-6-4-5-9-21(17)24(22)29-30(25)26-28-23(16-31-26)18-7-2-1-3-8-18/h1-11,13-14,16,22,25H,12,15H2/t22-,25+/m0/s1. The molecule has 0 saturated heterocycles. The van der Waals surface area contributed by atoms with E-state index in [0.29, 0.717) is 6.01 Å². The Morgan fingerprint density at radius 2 is 1.68 bits per heavy atom. The van der Waals surface area contributed by atoms with Crippen LogP contribution >= 0.6 is 11.6 Å². The second-order valence-electron chi connectivity index (χ2n) is 8.01. The minimum absolute atomic E-state index is 0.0166. The maximum atomic E-state index is 6.17. The Balaban J connectivity index is 1.46. The van der Waals surface area contributed by atoms with Crippen molar-refractivity contribution >= 4 is 23.3 Å². The number of hydrogen-bond acceptors (Lipinski definition) is 4. The van der Waals surface area contributed by atoms with Crippen LogP contribution in [0, 0.1) is 5.92 Å². The van der Waals surface area contributed by atoms with Gasteiger partial charge in [-0.1, -0.05) is 78.3 Å². The largest absolute Gasteiger partial charge is 0.430 e. The fourth-order valence-corrected chi connectivity index (χ4v) is 4.85. The van der Waals surface area contributed by atoms with Gasteiger partial charge in [-0.15, -0.1) is 0 Å². The predicted octanol–water partition coefficient (Wildman–Crippen LogP) is 6.52. The molecule has 1 aromatic heterocycles. The van der Waals surface area contributed by atoms with Crippen LogP contribution in [-0.4, -0.2) is 10.7 Å². The molecule has 1 aliphatic carbocycles. The third kappa shape index (κ3) is 3.15. The fourth-order valence-electron chi connectivity index (χ4n) is 4.73. The van der Waals surface area contributed by atoms with Crippen molar-refractivity contribution in [1.29, 1.82) is 0 Å². The van der Waals surface area contributed by atoms with Crippen molar-refractivity contribution < 1.29 is 4.42 Å². The minimum Gasteiger partial charge on any atom is -0.430 e. The van der Waals surface area contributed by atoms with Gasteiger partial charge in [0.05, 0.1) is 11.8 Å². The number of anilines is 1. The fraction of sp³-hybridized carbons (Fsp3) is 0.154. The summed E-state index contributed by atoms with van der Waals surface area (Å²) in [5.74, 6) is 0.267. The van der Waals surface area contributed by atoms with Gasteiger partial charge in [0.2, 0.25) is 0 Å². The number of hydrogen-bond donors (Lipinski definition) is 0. The zero-order valence-corrected chi connectivity index (χ0v) is 17.5. The van der Waals surface area contributed by atoms with E-state index in [4.69, 9.17) is 26.1 Å². The zero-order chi connectivity index (χ0) is 20.8. The predicted molar refractivity (Wildman–Crippen MR) is 123 cm³/mol. The lowest BCUT2D eigenvalue weighted by Crippen LogP contribution is -2.28. The quantitative estimate of drug-likeness (QED) is 0.375. The number of oxazole rings is 1. The molecule has 6 rings (SSSR count). The molecule has 0 unspecified atom stereocenters. The maximum Gasteiger partial charge on any atom is 0.319 e. The van der Waals surface area contributed by atoms with Crippen molar-refractivity contribution in [3.8, 4) is 11.3 Å². The van der Waals surface area contributed by atoms with E-state index < -0.39 is 0 Å². The molecular formula is C26H20ClN3O. The van der Waals surface area contributed by atoms with Gasteiger partial charge in [0.1, 0.15) is 12.0 Å². The maximum absolute atomic E-state index is 6.17. The first-order valence-corrected chi connectivity index (χ1v) is 10.9. The molecule has 0 spiro atoms. The molecule has 0 radical (unpaired) electrons. The molecule has 31 heavy (non-hydrogen) atoms. The summed E-state index contributed by atoms with van der Waals surface area (Å²) in [6, 6.07) is 27.2. The summed E-state index contributed by atoms with van der Waals surface area (Å²) < 4.78 is 5.95. The lowest BCUT2D eigenvalue weighted by molar-refractivity contribution is 0.463. The molecule has 0 N–H and O–H groups in total. The van der Waals surface area contributed by atoms with Gasteiger partial charge in [-0.25, -0.2) is 5.01 Å². The monoisotopic (exact) mass is 425 g/mol. The Morgan fingerprint density at radius 3 is 2.52 bits per heavy atom. The van der Waals surface area contributed by atoms with E-state index in [1.807, 2.05) is 47.5 Å². The van der Waals surface area contributed by atoms with Crippen LogP contribution in [-0.2, 0) is 6.42 Å². The molecule has 2 atom stereocenters. The molecule has 2 aliphatic rings. The summed E-state index contributed by atoms with van der Waals surface area (Å²) in [5.41, 5.74) is 6.69. The third-order valence-corrected chi connectivity index (χ3v) is 6.45. The van der Waals surface area contributed by atoms with Crippen molar-refractivity contribution in [1.82, 2.24) is 4.98 Å². The van der Waals surface area contributed by atoms with Gasteiger partial charge in [-0.3, -0.25) is 0 Å². The Hall–Kier alpha value is -3.37. The number of rotatable bonds is 3. The minimum atomic E-state index is 0.0166. The first-order valence-electron chi connectivity index (χ1n) is 10.5. The van der Waals surface area contributed by atoms with Gasteiger partial charge in [-0.2, -0.15) is 10.1 Å². The van der Waals surface area contributed by atoms with Crippen molar-refractivity contribution in [3.05, 3.63) is 107 Å². The highest BCUT2D eigenvalue weighted by Gasteiger charge is 2.43. The molecule has 5 heteroatoms. The van der Waals surface area contributed by atoms with Gasteiger partial charge >= 0.3 is 6.01 Å². The zero-order valence-electron chi connectivity index (χ0n) is 16.8. The smallest absolute Gasteiger partial charge is 0.319 e. The van der Waals surface area contributed by atoms with E-state index in [1.54, 1.807) is 6.26 Å². The molecule has 4 nitrogen and oxygen atoms in total. The van der Waals surface area contributed by atoms with Gasteiger partial charge in [0.25, 0.3) is 0 Å². The average Bonchev–Trinajstić information content (AvgIpc) is 3.45. The molecule has 4 aromatic rings. The Kier molecular flexibility index (Phi) is 4.39. The van der Waals surface area contributed by atoms with Gasteiger partial charge in [0, 0.05) is 22.1 Å². The van der Waals surface area contributed by atoms with Crippen molar-refractivity contribution in [2.75, 3.05) is 5.01 Å².